The Labute approximate surface area is 113 Å². The van der Waals surface area contributed by atoms with Crippen molar-refractivity contribution in [3.63, 3.8) is 0 Å². The van der Waals surface area contributed by atoms with Gasteiger partial charge in [0.25, 0.3) is 0 Å². The van der Waals surface area contributed by atoms with Gasteiger partial charge in [0.15, 0.2) is 0 Å². The Morgan fingerprint density at radius 2 is 1.30 bits per heavy atom. The van der Waals surface area contributed by atoms with Crippen molar-refractivity contribution in [3.05, 3.63) is 70.8 Å². The Balaban J connectivity index is 2.39. The Morgan fingerprint density at radius 1 is 0.850 bits per heavy atom. The molecule has 0 saturated carbocycles. The minimum Gasteiger partial charge on any atom is -0.271 e. The van der Waals surface area contributed by atoms with Gasteiger partial charge in [-0.2, -0.15) is 0 Å². The zero-order chi connectivity index (χ0) is 14.7. The Morgan fingerprint density at radius 3 is 1.75 bits per heavy atom. The van der Waals surface area contributed by atoms with Crippen LogP contribution in [0.5, 0.6) is 0 Å². The second kappa shape index (κ2) is 6.02. The van der Waals surface area contributed by atoms with Crippen LogP contribution >= 0.6 is 0 Å². The molecule has 0 amide bonds. The van der Waals surface area contributed by atoms with Crippen LogP contribution < -0.4 is 11.3 Å². The molecule has 0 radical (unpaired) electrons. The van der Waals surface area contributed by atoms with Crippen LogP contribution in [0.15, 0.2) is 36.4 Å². The first kappa shape index (κ1) is 14.5. The lowest BCUT2D eigenvalue weighted by atomic mass is 9.97. The largest absolute Gasteiger partial charge is 0.271 e. The molecule has 1 atom stereocenters. The second-order valence-corrected chi connectivity index (χ2v) is 4.26. The molecule has 0 saturated heterocycles. The molecule has 0 aromatic heterocycles. The van der Waals surface area contributed by atoms with Gasteiger partial charge in [0, 0.05) is 11.1 Å². The number of benzene rings is 2. The summed E-state index contributed by atoms with van der Waals surface area (Å²) in [6, 6.07) is 5.59. The van der Waals surface area contributed by atoms with Gasteiger partial charge < -0.3 is 0 Å². The summed E-state index contributed by atoms with van der Waals surface area (Å²) in [5, 5.41) is 0. The van der Waals surface area contributed by atoms with E-state index in [1.165, 1.54) is 12.1 Å². The van der Waals surface area contributed by atoms with Gasteiger partial charge in [-0.05, 0) is 30.7 Å². The van der Waals surface area contributed by atoms with E-state index < -0.39 is 29.3 Å². The Bertz CT molecular complexity index is 576. The van der Waals surface area contributed by atoms with Crippen LogP contribution in [0.4, 0.5) is 17.6 Å². The van der Waals surface area contributed by atoms with Crippen LogP contribution in [0.2, 0.25) is 0 Å². The number of hydrogen-bond acceptors (Lipinski definition) is 2. The van der Waals surface area contributed by atoms with E-state index in [0.717, 1.165) is 24.3 Å². The molecular formula is C14H12F4N2. The Kier molecular flexibility index (Phi) is 4.36. The molecule has 0 fully saturated rings. The van der Waals surface area contributed by atoms with Gasteiger partial charge >= 0.3 is 0 Å². The summed E-state index contributed by atoms with van der Waals surface area (Å²) in [4.78, 5) is 0. The lowest BCUT2D eigenvalue weighted by Crippen LogP contribution is -2.31. The first-order chi connectivity index (χ1) is 9.54. The van der Waals surface area contributed by atoms with E-state index in [4.69, 9.17) is 5.84 Å². The number of nitrogens with two attached hydrogens (primary N) is 1. The summed E-state index contributed by atoms with van der Waals surface area (Å²) in [7, 11) is 0. The lowest BCUT2D eigenvalue weighted by molar-refractivity contribution is 0.455. The van der Waals surface area contributed by atoms with Crippen molar-refractivity contribution in [1.29, 1.82) is 0 Å². The van der Waals surface area contributed by atoms with Crippen molar-refractivity contribution in [2.45, 2.75) is 12.5 Å². The van der Waals surface area contributed by atoms with Crippen molar-refractivity contribution in [1.82, 2.24) is 5.43 Å². The van der Waals surface area contributed by atoms with Gasteiger partial charge in [-0.1, -0.05) is 12.1 Å². The minimum absolute atomic E-state index is 0.280. The highest BCUT2D eigenvalue weighted by atomic mass is 19.1. The molecule has 0 bridgehead atoms. The topological polar surface area (TPSA) is 38.0 Å². The maximum atomic E-state index is 13.7. The van der Waals surface area contributed by atoms with E-state index in [0.29, 0.717) is 0 Å². The molecule has 20 heavy (non-hydrogen) atoms. The van der Waals surface area contributed by atoms with Crippen molar-refractivity contribution in [2.75, 3.05) is 0 Å². The maximum absolute atomic E-state index is 13.7. The van der Waals surface area contributed by atoms with Crippen LogP contribution in [0.25, 0.3) is 0 Å². The number of halogens is 4. The molecule has 6 heteroatoms. The third kappa shape index (κ3) is 2.81. The third-order valence-electron chi connectivity index (χ3n) is 3.02. The van der Waals surface area contributed by atoms with Crippen LogP contribution in [0.1, 0.15) is 17.2 Å². The van der Waals surface area contributed by atoms with Gasteiger partial charge in [-0.15, -0.1) is 0 Å². The van der Waals surface area contributed by atoms with E-state index in [9.17, 15) is 17.6 Å². The van der Waals surface area contributed by atoms with E-state index in [1.54, 1.807) is 0 Å². The summed E-state index contributed by atoms with van der Waals surface area (Å²) < 4.78 is 54.5. The number of hydrazine groups is 1. The summed E-state index contributed by atoms with van der Waals surface area (Å²) >= 11 is 0. The third-order valence-corrected chi connectivity index (χ3v) is 3.02. The fourth-order valence-electron chi connectivity index (χ4n) is 2.02. The van der Waals surface area contributed by atoms with Crippen LogP contribution in [-0.4, -0.2) is 0 Å². The highest BCUT2D eigenvalue weighted by Crippen LogP contribution is 2.25. The van der Waals surface area contributed by atoms with Crippen LogP contribution in [0.3, 0.4) is 0 Å². The first-order valence-corrected chi connectivity index (χ1v) is 5.87. The molecule has 2 rings (SSSR count). The van der Waals surface area contributed by atoms with E-state index in [-0.39, 0.29) is 17.5 Å². The average Bonchev–Trinajstić information content (AvgIpc) is 2.40. The number of rotatable bonds is 4. The molecule has 0 aliphatic carbocycles. The molecule has 0 aliphatic rings. The van der Waals surface area contributed by atoms with Crippen molar-refractivity contribution >= 4 is 0 Å². The lowest BCUT2D eigenvalue weighted by Gasteiger charge is -2.18. The molecule has 0 aliphatic heterocycles. The quantitative estimate of drug-likeness (QED) is 0.514. The predicted octanol–water partition coefficient (Wildman–Crippen LogP) is 2.99. The minimum atomic E-state index is -1.08. The molecule has 3 N–H and O–H groups in total. The van der Waals surface area contributed by atoms with Gasteiger partial charge in [-0.25, -0.2) is 17.6 Å². The number of hydrogen-bond donors (Lipinski definition) is 2. The summed E-state index contributed by atoms with van der Waals surface area (Å²) in [6.07, 6.45) is -0.313. The fraction of sp³-hybridized carbons (Fsp3) is 0.143. The maximum Gasteiger partial charge on any atom is 0.130 e. The number of nitrogens with one attached hydrogen (secondary N) is 1. The predicted molar refractivity (Wildman–Crippen MR) is 66.5 cm³/mol. The molecule has 1 unspecified atom stereocenters. The van der Waals surface area contributed by atoms with Crippen molar-refractivity contribution in [3.8, 4) is 0 Å². The van der Waals surface area contributed by atoms with Crippen molar-refractivity contribution < 1.29 is 17.6 Å². The smallest absolute Gasteiger partial charge is 0.130 e. The zero-order valence-corrected chi connectivity index (χ0v) is 10.3. The summed E-state index contributed by atoms with van der Waals surface area (Å²) in [5.41, 5.74) is 1.56. The Hall–Kier alpha value is -1.92. The first-order valence-electron chi connectivity index (χ1n) is 5.87. The molecule has 2 aromatic rings. The fourth-order valence-corrected chi connectivity index (χ4v) is 2.02. The average molecular weight is 284 g/mol. The molecule has 0 heterocycles. The van der Waals surface area contributed by atoms with Gasteiger partial charge in [0.05, 0.1) is 6.04 Å². The standard InChI is InChI=1S/C14H12F4N2/c15-9-3-1-4-10(16)8(9)7-13(20-19)14-11(17)5-2-6-12(14)18/h1-6,13,20H,7,19H2. The molecule has 0 spiro atoms. The monoisotopic (exact) mass is 284 g/mol. The van der Waals surface area contributed by atoms with E-state index in [1.807, 2.05) is 0 Å². The van der Waals surface area contributed by atoms with Crippen LogP contribution in [-0.2, 0) is 6.42 Å². The van der Waals surface area contributed by atoms with E-state index >= 15 is 0 Å². The molecular weight excluding hydrogens is 272 g/mol. The summed E-state index contributed by atoms with van der Waals surface area (Å²) in [6.45, 7) is 0. The highest BCUT2D eigenvalue weighted by Gasteiger charge is 2.22. The second-order valence-electron chi connectivity index (χ2n) is 4.26. The van der Waals surface area contributed by atoms with Gasteiger partial charge in [-0.3, -0.25) is 11.3 Å². The molecule has 2 nitrogen and oxygen atoms in total. The highest BCUT2D eigenvalue weighted by molar-refractivity contribution is 5.27. The van der Waals surface area contributed by atoms with Gasteiger partial charge in [0.2, 0.25) is 0 Å². The van der Waals surface area contributed by atoms with Crippen LogP contribution in [0, 0.1) is 23.3 Å². The normalized spacial score (nSPS) is 12.4. The summed E-state index contributed by atoms with van der Waals surface area (Å²) in [5.74, 6) is 2.02. The van der Waals surface area contributed by atoms with Gasteiger partial charge in [0.1, 0.15) is 23.3 Å². The molecule has 2 aromatic carbocycles. The van der Waals surface area contributed by atoms with E-state index in [2.05, 4.69) is 5.43 Å². The SMILES string of the molecule is NNC(Cc1c(F)cccc1F)c1c(F)cccc1F. The molecule has 106 valence electrons. The zero-order valence-electron chi connectivity index (χ0n) is 10.3. The van der Waals surface area contributed by atoms with Crippen molar-refractivity contribution in [2.24, 2.45) is 5.84 Å².